The topological polar surface area (TPSA) is 174 Å². The molecule has 0 radical (unpaired) electrons. The van der Waals surface area contributed by atoms with E-state index in [1.165, 1.54) is 18.4 Å². The van der Waals surface area contributed by atoms with Crippen molar-refractivity contribution in [1.82, 2.24) is 15.7 Å². The number of aliphatic hydroxyl groups excluding tert-OH is 1. The van der Waals surface area contributed by atoms with E-state index in [1.807, 2.05) is 0 Å². The van der Waals surface area contributed by atoms with Crippen LogP contribution < -0.4 is 10.6 Å². The quantitative estimate of drug-likeness (QED) is 0.0654. The Labute approximate surface area is 404 Å². The Morgan fingerprint density at radius 3 is 2.31 bits per heavy atom. The van der Waals surface area contributed by atoms with Gasteiger partial charge >= 0.3 is 11.9 Å². The zero-order valence-electron chi connectivity index (χ0n) is 42.2. The number of aliphatic hydroxyl groups is 1. The van der Waals surface area contributed by atoms with Gasteiger partial charge in [-0.2, -0.15) is 5.06 Å². The van der Waals surface area contributed by atoms with Gasteiger partial charge in [-0.1, -0.05) is 89.3 Å². The molecular formula is C54H81N3O11. The lowest BCUT2D eigenvalue weighted by molar-refractivity contribution is -0.224. The van der Waals surface area contributed by atoms with Crippen LogP contribution in [-0.4, -0.2) is 107 Å². The molecule has 0 spiro atoms. The van der Waals surface area contributed by atoms with Crippen LogP contribution in [0.3, 0.4) is 0 Å². The van der Waals surface area contributed by atoms with Crippen LogP contribution in [0, 0.1) is 22.7 Å². The van der Waals surface area contributed by atoms with Crippen molar-refractivity contribution in [3.63, 3.8) is 0 Å². The number of hydroxylamine groups is 2. The summed E-state index contributed by atoms with van der Waals surface area (Å²) in [6.45, 7) is 16.6. The van der Waals surface area contributed by atoms with Gasteiger partial charge in [0.25, 0.3) is 0 Å². The first-order valence-corrected chi connectivity index (χ1v) is 26.2. The number of fused-ring (bicyclic) bond motifs is 6. The minimum Gasteiger partial charge on any atom is -0.460 e. The summed E-state index contributed by atoms with van der Waals surface area (Å²) in [5.74, 6) is -1.42. The van der Waals surface area contributed by atoms with Gasteiger partial charge in [0.1, 0.15) is 35.4 Å². The van der Waals surface area contributed by atoms with Crippen molar-refractivity contribution in [1.29, 1.82) is 0 Å². The van der Waals surface area contributed by atoms with Crippen LogP contribution in [-0.2, 0) is 54.2 Å². The Hall–Kier alpha value is -3.40. The number of allylic oxidation sites excluding steroid dienone is 1. The number of benzene rings is 1. The summed E-state index contributed by atoms with van der Waals surface area (Å²) in [6, 6.07) is 6.71. The highest BCUT2D eigenvalue weighted by molar-refractivity contribution is 5.94. The van der Waals surface area contributed by atoms with E-state index >= 15 is 0 Å². The first-order chi connectivity index (χ1) is 32.3. The predicted molar refractivity (Wildman–Crippen MR) is 255 cm³/mol. The second kappa shape index (κ2) is 20.4. The van der Waals surface area contributed by atoms with Crippen LogP contribution in [0.4, 0.5) is 0 Å². The average Bonchev–Trinajstić information content (AvgIpc) is 3.55. The molecule has 11 atom stereocenters. The van der Waals surface area contributed by atoms with Gasteiger partial charge in [0.2, 0.25) is 11.8 Å². The molecule has 8 rings (SSSR count). The summed E-state index contributed by atoms with van der Waals surface area (Å²) >= 11 is 0. The van der Waals surface area contributed by atoms with Crippen molar-refractivity contribution >= 4 is 29.8 Å². The Bertz CT molecular complexity index is 2010. The lowest BCUT2D eigenvalue weighted by Crippen LogP contribution is -2.69. The minimum atomic E-state index is -1.39. The Morgan fingerprint density at radius 1 is 0.941 bits per heavy atom. The summed E-state index contributed by atoms with van der Waals surface area (Å²) in [6.07, 6.45) is 13.1. The summed E-state index contributed by atoms with van der Waals surface area (Å²) < 4.78 is 31.8. The van der Waals surface area contributed by atoms with Crippen molar-refractivity contribution < 1.29 is 52.8 Å². The zero-order chi connectivity index (χ0) is 48.6. The molecule has 2 bridgehead atoms. The van der Waals surface area contributed by atoms with E-state index in [0.717, 1.165) is 68.9 Å². The molecule has 4 heterocycles. The van der Waals surface area contributed by atoms with Gasteiger partial charge in [-0.05, 0) is 107 Å². The van der Waals surface area contributed by atoms with E-state index in [2.05, 4.69) is 75.6 Å². The SMILES string of the molecule is CCCCCC1(CCCCC)O[C@@H]2[C@H](O1)[C@H]1ON(Cc3ccc(C=C4CCC5O[C@]5(C)CC[C@@H]5[C@@H]4CC5(C)C)cc3)[C@@H]3C(=O)O[C@@H]2C[C@]13C(=O)NCCC(=O)N[C@H](CO)CCC(=O)OC(C)(C)C. The van der Waals surface area contributed by atoms with Gasteiger partial charge in [0, 0.05) is 38.6 Å². The molecule has 7 aliphatic rings. The molecule has 2 amide bonds. The number of esters is 2. The monoisotopic (exact) mass is 948 g/mol. The predicted octanol–water partition coefficient (Wildman–Crippen LogP) is 8.01. The molecule has 378 valence electrons. The minimum absolute atomic E-state index is 0.0255. The van der Waals surface area contributed by atoms with E-state index < -0.39 is 77.1 Å². The number of nitrogens with zero attached hydrogens (tertiary/aromatic N) is 1. The van der Waals surface area contributed by atoms with Crippen LogP contribution in [0.1, 0.15) is 176 Å². The van der Waals surface area contributed by atoms with Crippen LogP contribution in [0.25, 0.3) is 6.08 Å². The van der Waals surface area contributed by atoms with Crippen LogP contribution >= 0.6 is 0 Å². The average molecular weight is 948 g/mol. The molecule has 1 unspecified atom stereocenters. The zero-order valence-corrected chi connectivity index (χ0v) is 42.2. The second-order valence-corrected chi connectivity index (χ2v) is 23.2. The number of amides is 2. The van der Waals surface area contributed by atoms with Crippen LogP contribution in [0.5, 0.6) is 0 Å². The number of epoxide rings is 1. The van der Waals surface area contributed by atoms with Gasteiger partial charge in [-0.25, -0.2) is 0 Å². The Balaban J connectivity index is 1.00. The number of ether oxygens (including phenoxy) is 5. The van der Waals surface area contributed by atoms with Crippen LogP contribution in [0.2, 0.25) is 0 Å². The molecule has 1 aromatic rings. The molecule has 68 heavy (non-hydrogen) atoms. The van der Waals surface area contributed by atoms with Gasteiger partial charge in [0.05, 0.1) is 30.9 Å². The molecule has 4 aliphatic heterocycles. The highest BCUT2D eigenvalue weighted by Gasteiger charge is 2.76. The lowest BCUT2D eigenvalue weighted by Gasteiger charge is -2.53. The molecule has 3 N–H and O–H groups in total. The van der Waals surface area contributed by atoms with Crippen molar-refractivity contribution in [2.24, 2.45) is 22.7 Å². The van der Waals surface area contributed by atoms with Crippen molar-refractivity contribution in [2.45, 2.75) is 231 Å². The van der Waals surface area contributed by atoms with Gasteiger partial charge in [-0.3, -0.25) is 24.0 Å². The van der Waals surface area contributed by atoms with E-state index in [9.17, 15) is 24.3 Å². The largest absolute Gasteiger partial charge is 0.460 e. The number of carbonyl (C=O) groups is 4. The Morgan fingerprint density at radius 2 is 1.65 bits per heavy atom. The maximum atomic E-state index is 14.9. The number of hydrogen-bond acceptors (Lipinski definition) is 12. The van der Waals surface area contributed by atoms with E-state index in [-0.39, 0.29) is 51.0 Å². The van der Waals surface area contributed by atoms with Gasteiger partial charge in [-0.15, -0.1) is 0 Å². The maximum Gasteiger partial charge on any atom is 0.327 e. The summed E-state index contributed by atoms with van der Waals surface area (Å²) in [4.78, 5) is 61.7. The summed E-state index contributed by atoms with van der Waals surface area (Å²) in [5.41, 5.74) is 1.90. The molecule has 3 saturated carbocycles. The smallest absolute Gasteiger partial charge is 0.327 e. The van der Waals surface area contributed by atoms with E-state index in [0.29, 0.717) is 36.2 Å². The van der Waals surface area contributed by atoms with Crippen molar-refractivity contribution in [3.05, 3.63) is 41.0 Å². The summed E-state index contributed by atoms with van der Waals surface area (Å²) in [5, 5.41) is 17.4. The molecule has 4 saturated heterocycles. The Kier molecular flexibility index (Phi) is 15.3. The van der Waals surface area contributed by atoms with E-state index in [1.54, 1.807) is 25.8 Å². The molecule has 7 fully saturated rings. The third kappa shape index (κ3) is 10.8. The molecule has 3 aliphatic carbocycles. The fraction of sp³-hybridized carbons (Fsp3) is 0.778. The number of unbranched alkanes of at least 4 members (excludes halogenated alkanes) is 4. The highest BCUT2D eigenvalue weighted by atomic mass is 16.8. The number of hydrogen-bond donors (Lipinski definition) is 3. The third-order valence-electron chi connectivity index (χ3n) is 16.4. The van der Waals surface area contributed by atoms with Crippen molar-refractivity contribution in [2.75, 3.05) is 13.2 Å². The normalized spacial score (nSPS) is 34.2. The third-order valence-corrected chi connectivity index (χ3v) is 16.4. The van der Waals surface area contributed by atoms with Gasteiger partial charge in [0.15, 0.2) is 11.8 Å². The fourth-order valence-corrected chi connectivity index (χ4v) is 12.7. The standard InChI is InChI=1S/C54H81N3O11/c1-9-11-13-25-53(26-14-12-10-2)66-44-40-31-54(49(62)55-28-24-42(59)56-37(33-58)20-22-43(60)65-50(3,4)5)46(48(61)63-40)57(68-47(54)45(44)67-53)32-35-17-15-34(16-18-35)29-36-19-21-41-52(8,64-41)27-23-39-38(36)30-51(39,6)7/h15-18,29,37-41,44-47,58H,9-14,19-28,30-33H2,1-8H3,(H,55,62)(H,56,59)/t37-,38+,39+,40+,41?,44-,45-,46+,47+,52+,54+/m0/s1. The maximum absolute atomic E-state index is 14.9. The second-order valence-electron chi connectivity index (χ2n) is 23.2. The molecule has 0 aromatic heterocycles. The number of rotatable bonds is 20. The first kappa shape index (κ1) is 51.0. The van der Waals surface area contributed by atoms with Crippen LogP contribution in [0.15, 0.2) is 29.8 Å². The number of carbonyl (C=O) groups excluding carboxylic acids is 4. The highest BCUT2D eigenvalue weighted by Crippen LogP contribution is 2.61. The lowest BCUT2D eigenvalue weighted by atomic mass is 9.52. The molecule has 1 aromatic carbocycles. The van der Waals surface area contributed by atoms with Crippen molar-refractivity contribution in [3.8, 4) is 0 Å². The molecular weight excluding hydrogens is 867 g/mol. The number of nitrogens with one attached hydrogen (secondary N) is 2. The van der Waals surface area contributed by atoms with E-state index in [4.69, 9.17) is 28.5 Å². The molecule has 14 heteroatoms. The summed E-state index contributed by atoms with van der Waals surface area (Å²) in [7, 11) is 0. The molecule has 14 nitrogen and oxygen atoms in total. The first-order valence-electron chi connectivity index (χ1n) is 26.2. The van der Waals surface area contributed by atoms with Gasteiger partial charge < -0.3 is 39.4 Å². The fourth-order valence-electron chi connectivity index (χ4n) is 12.7.